The second kappa shape index (κ2) is 15.0. The highest BCUT2D eigenvalue weighted by molar-refractivity contribution is 6.23. The molecule has 3 heteroatoms. The average molecular weight is 829 g/mol. The summed E-state index contributed by atoms with van der Waals surface area (Å²) >= 11 is 0. The average Bonchev–Trinajstić information content (AvgIpc) is 3.94. The third kappa shape index (κ3) is 5.97. The van der Waals surface area contributed by atoms with E-state index < -0.39 is 0 Å². The fourth-order valence-electron chi connectivity index (χ4n) is 10.2. The molecule has 0 aliphatic rings. The zero-order valence-corrected chi connectivity index (χ0v) is 35.4. The molecule has 13 rings (SSSR count). The number of hydrogen-bond acceptors (Lipinski definition) is 2. The van der Waals surface area contributed by atoms with E-state index in [1.54, 1.807) is 0 Å². The van der Waals surface area contributed by atoms with Gasteiger partial charge in [0.15, 0.2) is 5.58 Å². The lowest BCUT2D eigenvalue weighted by Crippen LogP contribution is -2.11. The van der Waals surface area contributed by atoms with E-state index >= 15 is 0 Å². The number of benzene rings is 11. The molecule has 0 saturated heterocycles. The molecule has 0 radical (unpaired) electrons. The monoisotopic (exact) mass is 828 g/mol. The number of hydrogen-bond donors (Lipinski definition) is 0. The van der Waals surface area contributed by atoms with Crippen LogP contribution in [-0.4, -0.2) is 4.57 Å². The minimum Gasteiger partial charge on any atom is -0.454 e. The van der Waals surface area contributed by atoms with Crippen molar-refractivity contribution in [1.29, 1.82) is 0 Å². The Morgan fingerprint density at radius 2 is 0.954 bits per heavy atom. The maximum absolute atomic E-state index is 6.95. The Morgan fingerprint density at radius 1 is 0.338 bits per heavy atom. The van der Waals surface area contributed by atoms with Gasteiger partial charge in [-0.3, -0.25) is 0 Å². The Hall–Kier alpha value is -8.66. The topological polar surface area (TPSA) is 21.3 Å². The lowest BCUT2D eigenvalue weighted by atomic mass is 9.90. The number of rotatable bonds is 7. The largest absolute Gasteiger partial charge is 0.454 e. The van der Waals surface area contributed by atoms with Crippen LogP contribution in [0.4, 0.5) is 17.1 Å². The standard InChI is InChI=1S/C62H40N2O/c1-4-17-41(18-5-1)43-31-34-47(35-32-43)63(57-30-16-28-53-61-48-24-11-10-21-44(48)33-38-59(61)65-62(53)57)56-37-36-50(49-25-12-13-26-51(49)56)54-39-45(42-19-6-2-7-20-42)40-58-60(54)52-27-14-15-29-55(52)64(58)46-22-8-3-9-23-46/h1-40H. The van der Waals surface area contributed by atoms with Crippen LogP contribution in [0.5, 0.6) is 0 Å². The molecule has 0 amide bonds. The van der Waals surface area contributed by atoms with Gasteiger partial charge in [-0.1, -0.05) is 182 Å². The van der Waals surface area contributed by atoms with Crippen LogP contribution in [0.1, 0.15) is 0 Å². The van der Waals surface area contributed by atoms with Gasteiger partial charge < -0.3 is 13.9 Å². The maximum atomic E-state index is 6.95. The molecule has 0 aliphatic heterocycles. The molecule has 304 valence electrons. The van der Waals surface area contributed by atoms with Crippen LogP contribution in [0.3, 0.4) is 0 Å². The van der Waals surface area contributed by atoms with E-state index in [1.807, 2.05) is 0 Å². The van der Waals surface area contributed by atoms with Gasteiger partial charge in [-0.05, 0) is 110 Å². The first kappa shape index (κ1) is 36.9. The first-order valence-electron chi connectivity index (χ1n) is 22.3. The number of nitrogens with zero attached hydrogens (tertiary/aromatic N) is 2. The first-order valence-corrected chi connectivity index (χ1v) is 22.3. The van der Waals surface area contributed by atoms with Crippen molar-refractivity contribution in [3.05, 3.63) is 243 Å². The zero-order valence-electron chi connectivity index (χ0n) is 35.4. The quantitative estimate of drug-likeness (QED) is 0.160. The Bertz CT molecular complexity index is 3920. The number of para-hydroxylation sites is 3. The Balaban J connectivity index is 1.09. The summed E-state index contributed by atoms with van der Waals surface area (Å²) in [6.07, 6.45) is 0. The predicted octanol–water partition coefficient (Wildman–Crippen LogP) is 17.5. The second-order valence-corrected chi connectivity index (χ2v) is 16.8. The van der Waals surface area contributed by atoms with Crippen LogP contribution < -0.4 is 4.90 Å². The molecule has 0 aliphatic carbocycles. The van der Waals surface area contributed by atoms with Gasteiger partial charge >= 0.3 is 0 Å². The van der Waals surface area contributed by atoms with Crippen LogP contribution in [0.25, 0.3) is 104 Å². The molecular formula is C62H40N2O. The molecule has 11 aromatic carbocycles. The molecule has 2 aromatic heterocycles. The fraction of sp³-hybridized carbons (Fsp3) is 0. The molecule has 65 heavy (non-hydrogen) atoms. The summed E-state index contributed by atoms with van der Waals surface area (Å²) in [6, 6.07) is 87.6. The van der Waals surface area contributed by atoms with Crippen LogP contribution >= 0.6 is 0 Å². The van der Waals surface area contributed by atoms with E-state index in [9.17, 15) is 0 Å². The summed E-state index contributed by atoms with van der Waals surface area (Å²) < 4.78 is 9.38. The van der Waals surface area contributed by atoms with Gasteiger partial charge in [0.2, 0.25) is 0 Å². The minimum absolute atomic E-state index is 0.852. The van der Waals surface area contributed by atoms with E-state index in [-0.39, 0.29) is 0 Å². The predicted molar refractivity (Wildman–Crippen MR) is 274 cm³/mol. The smallest absolute Gasteiger partial charge is 0.159 e. The van der Waals surface area contributed by atoms with Gasteiger partial charge in [0, 0.05) is 38.3 Å². The molecule has 0 atom stereocenters. The highest BCUT2D eigenvalue weighted by Crippen LogP contribution is 2.49. The first-order chi connectivity index (χ1) is 32.3. The van der Waals surface area contributed by atoms with Crippen LogP contribution in [0, 0.1) is 0 Å². The van der Waals surface area contributed by atoms with Crippen molar-refractivity contribution < 1.29 is 4.42 Å². The summed E-state index contributed by atoms with van der Waals surface area (Å²) in [5, 5.41) is 9.37. The van der Waals surface area contributed by atoms with Crippen molar-refractivity contribution in [2.45, 2.75) is 0 Å². The van der Waals surface area contributed by atoms with Gasteiger partial charge in [-0.15, -0.1) is 0 Å². The maximum Gasteiger partial charge on any atom is 0.159 e. The Labute approximate surface area is 376 Å². The summed E-state index contributed by atoms with van der Waals surface area (Å²) in [4.78, 5) is 2.39. The second-order valence-electron chi connectivity index (χ2n) is 16.8. The molecule has 0 bridgehead atoms. The third-order valence-electron chi connectivity index (χ3n) is 13.2. The van der Waals surface area contributed by atoms with Crippen LogP contribution in [-0.2, 0) is 0 Å². The van der Waals surface area contributed by atoms with Crippen molar-refractivity contribution in [2.75, 3.05) is 4.90 Å². The minimum atomic E-state index is 0.852. The molecule has 13 aromatic rings. The fourth-order valence-corrected chi connectivity index (χ4v) is 10.2. The summed E-state index contributed by atoms with van der Waals surface area (Å²) in [6.45, 7) is 0. The van der Waals surface area contributed by atoms with Crippen LogP contribution in [0.15, 0.2) is 247 Å². The van der Waals surface area contributed by atoms with Crippen molar-refractivity contribution in [3.8, 4) is 39.1 Å². The lowest BCUT2D eigenvalue weighted by Gasteiger charge is -2.28. The number of furan rings is 1. The highest BCUT2D eigenvalue weighted by atomic mass is 16.3. The molecule has 0 unspecified atom stereocenters. The summed E-state index contributed by atoms with van der Waals surface area (Å²) in [5.74, 6) is 0. The van der Waals surface area contributed by atoms with Crippen molar-refractivity contribution in [3.63, 3.8) is 0 Å². The molecule has 0 saturated carbocycles. The SMILES string of the molecule is c1ccc(-c2ccc(N(c3ccc(-c4cc(-c5ccccc5)cc5c4c4ccccc4n5-c4ccccc4)c4ccccc34)c3cccc4c3oc3ccc5ccccc5c34)cc2)cc1. The Morgan fingerprint density at radius 3 is 1.72 bits per heavy atom. The third-order valence-corrected chi connectivity index (χ3v) is 13.2. The van der Waals surface area contributed by atoms with E-state index in [1.165, 1.54) is 71.3 Å². The molecule has 0 fully saturated rings. The van der Waals surface area contributed by atoms with Gasteiger partial charge in [0.05, 0.1) is 22.4 Å². The molecule has 2 heterocycles. The Kier molecular flexibility index (Phi) is 8.53. The molecule has 3 nitrogen and oxygen atoms in total. The summed E-state index contributed by atoms with van der Waals surface area (Å²) in [5.41, 5.74) is 15.4. The zero-order chi connectivity index (χ0) is 42.8. The highest BCUT2D eigenvalue weighted by Gasteiger charge is 2.25. The van der Waals surface area contributed by atoms with Crippen molar-refractivity contribution >= 4 is 82.4 Å². The normalized spacial score (nSPS) is 11.7. The van der Waals surface area contributed by atoms with E-state index in [0.29, 0.717) is 0 Å². The number of anilines is 3. The van der Waals surface area contributed by atoms with Gasteiger partial charge in [0.1, 0.15) is 5.58 Å². The van der Waals surface area contributed by atoms with Crippen LogP contribution in [0.2, 0.25) is 0 Å². The van der Waals surface area contributed by atoms with E-state index in [2.05, 4.69) is 252 Å². The lowest BCUT2D eigenvalue weighted by molar-refractivity contribution is 0.669. The van der Waals surface area contributed by atoms with Crippen molar-refractivity contribution in [1.82, 2.24) is 4.57 Å². The number of aromatic nitrogens is 1. The van der Waals surface area contributed by atoms with E-state index in [4.69, 9.17) is 4.42 Å². The van der Waals surface area contributed by atoms with Gasteiger partial charge in [0.25, 0.3) is 0 Å². The van der Waals surface area contributed by atoms with Crippen molar-refractivity contribution in [2.24, 2.45) is 0 Å². The summed E-state index contributed by atoms with van der Waals surface area (Å²) in [7, 11) is 0. The number of fused-ring (bicyclic) bond motifs is 9. The van der Waals surface area contributed by atoms with E-state index in [0.717, 1.165) is 50.1 Å². The molecule has 0 spiro atoms. The van der Waals surface area contributed by atoms with Gasteiger partial charge in [-0.2, -0.15) is 0 Å². The molecular weight excluding hydrogens is 789 g/mol. The molecule has 0 N–H and O–H groups in total. The van der Waals surface area contributed by atoms with Gasteiger partial charge in [-0.25, -0.2) is 0 Å².